The van der Waals surface area contributed by atoms with Crippen molar-refractivity contribution in [2.24, 2.45) is 10.9 Å². The van der Waals surface area contributed by atoms with Crippen LogP contribution in [0.2, 0.25) is 0 Å². The number of ether oxygens (including phenoxy) is 2. The second kappa shape index (κ2) is 10.8. The van der Waals surface area contributed by atoms with Gasteiger partial charge in [-0.05, 0) is 48.4 Å². The van der Waals surface area contributed by atoms with E-state index in [2.05, 4.69) is 20.6 Å². The SMILES string of the molecule is O=C1CCc2c(Oc3ccc4c(c3)[C@H]3C(C=NC(=O)c5ccc(CN6CCNCC6)c(C(F)(F)F)c5)C3O4)ccnc2N1. The van der Waals surface area contributed by atoms with Crippen molar-refractivity contribution in [3.05, 3.63) is 76.5 Å². The van der Waals surface area contributed by atoms with Crippen LogP contribution in [0.5, 0.6) is 17.2 Å². The van der Waals surface area contributed by atoms with Gasteiger partial charge in [-0.2, -0.15) is 13.2 Å². The molecule has 12 heteroatoms. The van der Waals surface area contributed by atoms with Crippen molar-refractivity contribution in [1.82, 2.24) is 15.2 Å². The largest absolute Gasteiger partial charge is 0.489 e. The van der Waals surface area contributed by atoms with E-state index in [1.54, 1.807) is 18.3 Å². The zero-order chi connectivity index (χ0) is 29.7. The number of aliphatic imine (C=N–C) groups is 1. The topological polar surface area (TPSA) is 105 Å². The number of carbonyl (C=O) groups excluding carboxylic acids is 2. The highest BCUT2D eigenvalue weighted by Crippen LogP contribution is 2.58. The van der Waals surface area contributed by atoms with Crippen LogP contribution in [0.4, 0.5) is 19.0 Å². The minimum Gasteiger partial charge on any atom is -0.489 e. The number of fused-ring (bicyclic) bond motifs is 4. The second-order valence-corrected chi connectivity index (χ2v) is 11.2. The Kier molecular flexibility index (Phi) is 6.89. The number of anilines is 1. The molecule has 3 aliphatic heterocycles. The molecule has 1 aliphatic carbocycles. The predicted molar refractivity (Wildman–Crippen MR) is 151 cm³/mol. The summed E-state index contributed by atoms with van der Waals surface area (Å²) in [7, 11) is 0. The molecular formula is C31H28F3N5O4. The van der Waals surface area contributed by atoms with Crippen molar-refractivity contribution >= 4 is 23.8 Å². The molecule has 3 aromatic rings. The first-order valence-electron chi connectivity index (χ1n) is 14.2. The summed E-state index contributed by atoms with van der Waals surface area (Å²) in [6.07, 6.45) is -0.838. The molecule has 3 atom stereocenters. The van der Waals surface area contributed by atoms with Crippen molar-refractivity contribution in [3.63, 3.8) is 0 Å². The third-order valence-corrected chi connectivity index (χ3v) is 8.34. The van der Waals surface area contributed by atoms with Gasteiger partial charge in [-0.1, -0.05) is 6.07 Å². The van der Waals surface area contributed by atoms with Crippen molar-refractivity contribution in [2.75, 3.05) is 31.5 Å². The van der Waals surface area contributed by atoms with Gasteiger partial charge in [0.15, 0.2) is 0 Å². The van der Waals surface area contributed by atoms with Gasteiger partial charge in [-0.3, -0.25) is 14.5 Å². The fourth-order valence-corrected chi connectivity index (χ4v) is 6.05. The fraction of sp³-hybridized carbons (Fsp3) is 0.355. The smallest absolute Gasteiger partial charge is 0.416 e. The third-order valence-electron chi connectivity index (χ3n) is 8.34. The van der Waals surface area contributed by atoms with E-state index in [1.165, 1.54) is 18.3 Å². The number of rotatable bonds is 6. The average molecular weight is 592 g/mol. The quantitative estimate of drug-likeness (QED) is 0.405. The Morgan fingerprint density at radius 2 is 1.98 bits per heavy atom. The fourth-order valence-electron chi connectivity index (χ4n) is 6.05. The summed E-state index contributed by atoms with van der Waals surface area (Å²) in [6.45, 7) is 2.95. The standard InChI is InChI=1S/C31H28F3N5O4/c32-31(33,34)23-13-17(1-2-18(23)16-39-11-9-35-10-12-39)30(41)37-15-22-27-21-14-19(3-5-24(21)43-28(22)27)42-25-7-8-36-29-20(25)4-6-26(40)38-29/h1-3,5,7-8,13-15,22,27-28,35H,4,6,9-12,16H2,(H,36,38,40)/t22?,27-,28?/m0/s1. The molecule has 0 radical (unpaired) electrons. The highest BCUT2D eigenvalue weighted by Gasteiger charge is 2.58. The number of nitrogens with one attached hydrogen (secondary N) is 2. The van der Waals surface area contributed by atoms with Gasteiger partial charge in [0, 0.05) is 80.1 Å². The van der Waals surface area contributed by atoms with Gasteiger partial charge in [-0.25, -0.2) is 9.98 Å². The predicted octanol–water partition coefficient (Wildman–Crippen LogP) is 4.57. The first kappa shape index (κ1) is 27.5. The highest BCUT2D eigenvalue weighted by atomic mass is 19.4. The molecule has 2 unspecified atom stereocenters. The monoisotopic (exact) mass is 591 g/mol. The van der Waals surface area contributed by atoms with Crippen molar-refractivity contribution < 1.29 is 32.2 Å². The minimum atomic E-state index is -4.59. The molecule has 1 saturated carbocycles. The molecule has 0 bridgehead atoms. The summed E-state index contributed by atoms with van der Waals surface area (Å²) >= 11 is 0. The van der Waals surface area contributed by atoms with Gasteiger partial charge < -0.3 is 20.1 Å². The number of alkyl halides is 3. The van der Waals surface area contributed by atoms with Gasteiger partial charge in [-0.15, -0.1) is 0 Å². The summed E-state index contributed by atoms with van der Waals surface area (Å²) in [4.78, 5) is 34.8. The van der Waals surface area contributed by atoms with Crippen LogP contribution in [0.15, 0.2) is 53.7 Å². The van der Waals surface area contributed by atoms with E-state index in [0.29, 0.717) is 43.2 Å². The normalized spacial score (nSPS) is 22.8. The second-order valence-electron chi connectivity index (χ2n) is 11.2. The number of piperazine rings is 1. The lowest BCUT2D eigenvalue weighted by molar-refractivity contribution is -0.138. The molecule has 43 heavy (non-hydrogen) atoms. The number of halogens is 3. The van der Waals surface area contributed by atoms with Gasteiger partial charge in [0.05, 0.1) is 5.56 Å². The van der Waals surface area contributed by atoms with E-state index in [1.807, 2.05) is 17.0 Å². The maximum Gasteiger partial charge on any atom is 0.416 e. The van der Waals surface area contributed by atoms with Crippen LogP contribution in [0.25, 0.3) is 0 Å². The Hall–Kier alpha value is -4.29. The van der Waals surface area contributed by atoms with Gasteiger partial charge in [0.2, 0.25) is 5.91 Å². The lowest BCUT2D eigenvalue weighted by Crippen LogP contribution is -2.43. The highest BCUT2D eigenvalue weighted by molar-refractivity contribution is 6.00. The molecule has 1 aromatic heterocycles. The van der Waals surface area contributed by atoms with Crippen molar-refractivity contribution in [2.45, 2.75) is 37.6 Å². The summed E-state index contributed by atoms with van der Waals surface area (Å²) in [5, 5.41) is 5.95. The average Bonchev–Trinajstić information content (AvgIpc) is 3.54. The Morgan fingerprint density at radius 3 is 2.79 bits per heavy atom. The minimum absolute atomic E-state index is 0.0344. The molecule has 2 amide bonds. The molecule has 222 valence electrons. The van der Waals surface area contributed by atoms with E-state index in [-0.39, 0.29) is 41.5 Å². The van der Waals surface area contributed by atoms with Crippen LogP contribution < -0.4 is 20.1 Å². The van der Waals surface area contributed by atoms with Crippen LogP contribution >= 0.6 is 0 Å². The Labute approximate surface area is 245 Å². The molecule has 0 spiro atoms. The van der Waals surface area contributed by atoms with Crippen molar-refractivity contribution in [3.8, 4) is 17.2 Å². The number of aromatic nitrogens is 1. The number of benzene rings is 2. The van der Waals surface area contributed by atoms with Crippen LogP contribution in [-0.4, -0.2) is 60.2 Å². The van der Waals surface area contributed by atoms with E-state index < -0.39 is 17.6 Å². The first-order valence-corrected chi connectivity index (χ1v) is 14.2. The summed E-state index contributed by atoms with van der Waals surface area (Å²) in [6, 6.07) is 11.0. The third kappa shape index (κ3) is 5.48. The van der Waals surface area contributed by atoms with Crippen LogP contribution in [0, 0.1) is 5.92 Å². The number of carbonyl (C=O) groups is 2. The number of pyridine rings is 1. The van der Waals surface area contributed by atoms with Crippen molar-refractivity contribution in [1.29, 1.82) is 0 Å². The molecule has 7 rings (SSSR count). The maximum absolute atomic E-state index is 13.9. The first-order chi connectivity index (χ1) is 20.7. The van der Waals surface area contributed by atoms with Gasteiger partial charge >= 0.3 is 6.18 Å². The van der Waals surface area contributed by atoms with E-state index in [9.17, 15) is 22.8 Å². The summed E-state index contributed by atoms with van der Waals surface area (Å²) in [5.41, 5.74) is 0.980. The summed E-state index contributed by atoms with van der Waals surface area (Å²) < 4.78 is 53.9. The zero-order valence-electron chi connectivity index (χ0n) is 23.0. The Balaban J connectivity index is 1.04. The van der Waals surface area contributed by atoms with Crippen LogP contribution in [0.1, 0.15) is 45.0 Å². The van der Waals surface area contributed by atoms with E-state index >= 15 is 0 Å². The summed E-state index contributed by atoms with van der Waals surface area (Å²) in [5.74, 6) is 1.40. The molecule has 2 aromatic carbocycles. The number of nitrogens with zero attached hydrogens (tertiary/aromatic N) is 3. The molecule has 2 fully saturated rings. The molecule has 4 aliphatic rings. The van der Waals surface area contributed by atoms with E-state index in [4.69, 9.17) is 9.47 Å². The van der Waals surface area contributed by atoms with Gasteiger partial charge in [0.25, 0.3) is 5.91 Å². The van der Waals surface area contributed by atoms with E-state index in [0.717, 1.165) is 36.0 Å². The molecular weight excluding hydrogens is 563 g/mol. The molecule has 9 nitrogen and oxygen atoms in total. The molecule has 2 N–H and O–H groups in total. The van der Waals surface area contributed by atoms with Crippen LogP contribution in [0.3, 0.4) is 0 Å². The zero-order valence-corrected chi connectivity index (χ0v) is 23.0. The number of hydrogen-bond acceptors (Lipinski definition) is 7. The van der Waals surface area contributed by atoms with Crippen LogP contribution in [-0.2, 0) is 23.9 Å². The Morgan fingerprint density at radius 1 is 1.14 bits per heavy atom. The lowest BCUT2D eigenvalue weighted by atomic mass is 10.0. The lowest BCUT2D eigenvalue weighted by Gasteiger charge is -2.28. The number of hydrogen-bond donors (Lipinski definition) is 2. The maximum atomic E-state index is 13.9. The van der Waals surface area contributed by atoms with Gasteiger partial charge in [0.1, 0.15) is 29.2 Å². The Bertz CT molecular complexity index is 1640. The molecule has 1 saturated heterocycles. The molecule has 4 heterocycles. The number of amides is 2.